The summed E-state index contributed by atoms with van der Waals surface area (Å²) < 4.78 is 8.41. The highest BCUT2D eigenvalue weighted by Gasteiger charge is 2.30. The SMILES string of the molecule is Cc1cccc(OCC(C)C)c1-n1nc2c(c1-c1ccc(NC(N)=O)cc1)CN(c1ccccc1C(C)(C)C)CC2. The van der Waals surface area contributed by atoms with Crippen molar-refractivity contribution < 1.29 is 9.53 Å². The Morgan fingerprint density at radius 1 is 1.05 bits per heavy atom. The molecule has 2 amide bonds. The van der Waals surface area contributed by atoms with Crippen molar-refractivity contribution in [3.63, 3.8) is 0 Å². The highest BCUT2D eigenvalue weighted by Crippen LogP contribution is 2.40. The smallest absolute Gasteiger partial charge is 0.316 e. The maximum atomic E-state index is 11.4. The van der Waals surface area contributed by atoms with Crippen LogP contribution in [-0.2, 0) is 18.4 Å². The Morgan fingerprint density at radius 2 is 1.78 bits per heavy atom. The summed E-state index contributed by atoms with van der Waals surface area (Å²) in [6.45, 7) is 15.5. The van der Waals surface area contributed by atoms with Crippen LogP contribution in [0.2, 0.25) is 0 Å². The zero-order valence-electron chi connectivity index (χ0n) is 25.0. The fourth-order valence-corrected chi connectivity index (χ4v) is 5.55. The predicted molar refractivity (Wildman–Crippen MR) is 167 cm³/mol. The minimum absolute atomic E-state index is 0.0247. The number of benzene rings is 3. The molecule has 1 aromatic heterocycles. The van der Waals surface area contributed by atoms with Crippen molar-refractivity contribution in [2.75, 3.05) is 23.4 Å². The molecule has 3 N–H and O–H groups in total. The van der Waals surface area contributed by atoms with E-state index in [-0.39, 0.29) is 5.41 Å². The van der Waals surface area contributed by atoms with Gasteiger partial charge >= 0.3 is 6.03 Å². The largest absolute Gasteiger partial charge is 0.491 e. The number of urea groups is 1. The van der Waals surface area contributed by atoms with Crippen LogP contribution >= 0.6 is 0 Å². The van der Waals surface area contributed by atoms with E-state index in [4.69, 9.17) is 15.6 Å². The molecular weight excluding hydrogens is 510 g/mol. The van der Waals surface area contributed by atoms with E-state index < -0.39 is 6.03 Å². The first-order chi connectivity index (χ1) is 19.5. The molecule has 0 atom stereocenters. The van der Waals surface area contributed by atoms with E-state index in [1.807, 2.05) is 36.4 Å². The molecule has 3 aromatic carbocycles. The van der Waals surface area contributed by atoms with E-state index in [0.717, 1.165) is 53.5 Å². The van der Waals surface area contributed by atoms with Gasteiger partial charge in [-0.25, -0.2) is 9.48 Å². The highest BCUT2D eigenvalue weighted by molar-refractivity contribution is 5.88. The Kier molecular flexibility index (Phi) is 7.80. The number of anilines is 2. The van der Waals surface area contributed by atoms with E-state index in [2.05, 4.69) is 86.8 Å². The molecule has 7 nitrogen and oxygen atoms in total. The van der Waals surface area contributed by atoms with Crippen LogP contribution in [0.25, 0.3) is 16.9 Å². The highest BCUT2D eigenvalue weighted by atomic mass is 16.5. The lowest BCUT2D eigenvalue weighted by atomic mass is 9.85. The lowest BCUT2D eigenvalue weighted by molar-refractivity contribution is 0.259. The Labute approximate surface area is 243 Å². The summed E-state index contributed by atoms with van der Waals surface area (Å²) in [6.07, 6.45) is 0.836. The van der Waals surface area contributed by atoms with Gasteiger partial charge in [-0.1, -0.05) is 77.1 Å². The molecule has 4 aromatic rings. The summed E-state index contributed by atoms with van der Waals surface area (Å²) in [5.41, 5.74) is 15.0. The average Bonchev–Trinajstić information content (AvgIpc) is 3.29. The summed E-state index contributed by atoms with van der Waals surface area (Å²) >= 11 is 0. The number of hydrogen-bond acceptors (Lipinski definition) is 4. The van der Waals surface area contributed by atoms with Gasteiger partial charge in [0.1, 0.15) is 11.4 Å². The van der Waals surface area contributed by atoms with Crippen molar-refractivity contribution in [2.24, 2.45) is 11.7 Å². The number of carbonyl (C=O) groups excluding carboxylic acids is 1. The van der Waals surface area contributed by atoms with Crippen LogP contribution in [0.5, 0.6) is 5.75 Å². The molecule has 0 radical (unpaired) electrons. The summed E-state index contributed by atoms with van der Waals surface area (Å²) in [6, 6.07) is 22.1. The number of ether oxygens (including phenoxy) is 1. The zero-order valence-corrected chi connectivity index (χ0v) is 25.0. The van der Waals surface area contributed by atoms with Crippen molar-refractivity contribution in [3.8, 4) is 22.7 Å². The minimum Gasteiger partial charge on any atom is -0.491 e. The summed E-state index contributed by atoms with van der Waals surface area (Å²) in [5, 5.41) is 7.90. The van der Waals surface area contributed by atoms with Gasteiger partial charge in [0.25, 0.3) is 0 Å². The lowest BCUT2D eigenvalue weighted by Gasteiger charge is -2.34. The number of hydrogen-bond donors (Lipinski definition) is 2. The number of nitrogens with zero attached hydrogens (tertiary/aromatic N) is 3. The fraction of sp³-hybridized carbons (Fsp3) is 0.353. The number of rotatable bonds is 7. The molecule has 1 aliphatic heterocycles. The third-order valence-corrected chi connectivity index (χ3v) is 7.50. The summed E-state index contributed by atoms with van der Waals surface area (Å²) in [5.74, 6) is 1.22. The number of nitrogens with two attached hydrogens (primary N) is 1. The van der Waals surface area contributed by atoms with Crippen molar-refractivity contribution in [1.82, 2.24) is 9.78 Å². The van der Waals surface area contributed by atoms with E-state index >= 15 is 0 Å². The van der Waals surface area contributed by atoms with Gasteiger partial charge in [-0.15, -0.1) is 0 Å². The number of amides is 2. The normalized spacial score (nSPS) is 13.3. The van der Waals surface area contributed by atoms with Crippen molar-refractivity contribution in [1.29, 1.82) is 0 Å². The van der Waals surface area contributed by atoms with Gasteiger partial charge in [0, 0.05) is 42.0 Å². The Bertz CT molecular complexity index is 1550. The van der Waals surface area contributed by atoms with Crippen LogP contribution in [0.4, 0.5) is 16.2 Å². The van der Waals surface area contributed by atoms with Crippen LogP contribution in [-0.4, -0.2) is 29.0 Å². The molecular formula is C34H41N5O2. The van der Waals surface area contributed by atoms with Gasteiger partial charge in [-0.3, -0.25) is 0 Å². The topological polar surface area (TPSA) is 85.4 Å². The molecule has 41 heavy (non-hydrogen) atoms. The molecule has 0 bridgehead atoms. The number of primary amides is 1. The third kappa shape index (κ3) is 5.94. The van der Waals surface area contributed by atoms with Gasteiger partial charge < -0.3 is 20.7 Å². The minimum atomic E-state index is -0.583. The van der Waals surface area contributed by atoms with Crippen LogP contribution in [0.3, 0.4) is 0 Å². The monoisotopic (exact) mass is 551 g/mol. The van der Waals surface area contributed by atoms with Crippen molar-refractivity contribution in [2.45, 2.75) is 59.9 Å². The first kappa shape index (κ1) is 28.3. The number of aryl methyl sites for hydroxylation is 1. The Morgan fingerprint density at radius 3 is 2.46 bits per heavy atom. The predicted octanol–water partition coefficient (Wildman–Crippen LogP) is 7.23. The molecule has 0 aliphatic carbocycles. The fourth-order valence-electron chi connectivity index (χ4n) is 5.55. The molecule has 2 heterocycles. The van der Waals surface area contributed by atoms with Crippen LogP contribution in [0, 0.1) is 12.8 Å². The number of carbonyl (C=O) groups is 1. The molecule has 0 fully saturated rings. The molecule has 0 spiro atoms. The maximum absolute atomic E-state index is 11.4. The molecule has 214 valence electrons. The van der Waals surface area contributed by atoms with E-state index in [9.17, 15) is 4.79 Å². The first-order valence-corrected chi connectivity index (χ1v) is 14.4. The van der Waals surface area contributed by atoms with E-state index in [1.165, 1.54) is 16.8 Å². The summed E-state index contributed by atoms with van der Waals surface area (Å²) in [7, 11) is 0. The zero-order chi connectivity index (χ0) is 29.3. The molecule has 5 rings (SSSR count). The molecule has 0 saturated carbocycles. The van der Waals surface area contributed by atoms with Crippen molar-refractivity contribution >= 4 is 17.4 Å². The second-order valence-electron chi connectivity index (χ2n) is 12.3. The van der Waals surface area contributed by atoms with E-state index in [0.29, 0.717) is 18.2 Å². The van der Waals surface area contributed by atoms with E-state index in [1.54, 1.807) is 0 Å². The number of para-hydroxylation sites is 2. The molecule has 0 saturated heterocycles. The Hall–Kier alpha value is -4.26. The van der Waals surface area contributed by atoms with Crippen LogP contribution < -0.4 is 20.7 Å². The molecule has 0 unspecified atom stereocenters. The van der Waals surface area contributed by atoms with Gasteiger partial charge in [0.15, 0.2) is 0 Å². The van der Waals surface area contributed by atoms with Crippen molar-refractivity contribution in [3.05, 3.63) is 89.1 Å². The number of fused-ring (bicyclic) bond motifs is 1. The molecule has 1 aliphatic rings. The summed E-state index contributed by atoms with van der Waals surface area (Å²) in [4.78, 5) is 13.9. The van der Waals surface area contributed by atoms with Gasteiger partial charge in [-0.2, -0.15) is 5.10 Å². The second kappa shape index (κ2) is 11.3. The third-order valence-electron chi connectivity index (χ3n) is 7.50. The quantitative estimate of drug-likeness (QED) is 0.254. The number of aromatic nitrogens is 2. The van der Waals surface area contributed by atoms with Gasteiger partial charge in [-0.05, 0) is 53.6 Å². The lowest BCUT2D eigenvalue weighted by Crippen LogP contribution is -2.32. The average molecular weight is 552 g/mol. The van der Waals surface area contributed by atoms with Gasteiger partial charge in [0.05, 0.1) is 18.0 Å². The maximum Gasteiger partial charge on any atom is 0.316 e. The number of nitrogens with one attached hydrogen (secondary N) is 1. The van der Waals surface area contributed by atoms with Gasteiger partial charge in [0.2, 0.25) is 0 Å². The van der Waals surface area contributed by atoms with Crippen LogP contribution in [0.1, 0.15) is 57.0 Å². The Balaban J connectivity index is 1.66. The second-order valence-corrected chi connectivity index (χ2v) is 12.3. The first-order valence-electron chi connectivity index (χ1n) is 14.4. The van der Waals surface area contributed by atoms with Crippen LogP contribution in [0.15, 0.2) is 66.7 Å². The standard InChI is InChI=1S/C34H41N5O2/c1-22(2)21-41-30-13-9-10-23(3)31(30)39-32(24-14-16-25(17-15-24)36-33(35)40)26-20-38(19-18-28(26)37-39)29-12-8-7-11-27(29)34(4,5)6/h7-17,22H,18-21H2,1-6H3,(H3,35,36,40). The molecule has 7 heteroatoms.